The molecule has 1 atom stereocenters. The van der Waals surface area contributed by atoms with E-state index in [2.05, 4.69) is 9.97 Å². The number of H-pyrrole nitrogens is 1. The summed E-state index contributed by atoms with van der Waals surface area (Å²) in [4.78, 5) is 17.8. The molecule has 0 fully saturated rings. The van der Waals surface area contributed by atoms with Gasteiger partial charge in [-0.3, -0.25) is 4.79 Å². The van der Waals surface area contributed by atoms with Crippen LogP contribution in [-0.2, 0) is 11.2 Å². The number of carbonyl (C=O) groups is 1. The Kier molecular flexibility index (Phi) is 3.00. The smallest absolute Gasteiger partial charge is 0.312 e. The van der Waals surface area contributed by atoms with Crippen molar-refractivity contribution in [1.82, 2.24) is 9.97 Å². The van der Waals surface area contributed by atoms with Gasteiger partial charge in [0.2, 0.25) is 0 Å². The number of aromatic nitrogens is 2. The Labute approximate surface area is 93.0 Å². The van der Waals surface area contributed by atoms with Gasteiger partial charge in [0.05, 0.1) is 6.33 Å². The van der Waals surface area contributed by atoms with Crippen molar-refractivity contribution in [2.75, 3.05) is 0 Å². The molecular formula is C12H12N2O2. The van der Waals surface area contributed by atoms with E-state index in [-0.39, 0.29) is 0 Å². The Morgan fingerprint density at radius 3 is 2.69 bits per heavy atom. The third kappa shape index (κ3) is 2.28. The topological polar surface area (TPSA) is 66.0 Å². The lowest BCUT2D eigenvalue weighted by molar-refractivity contribution is -0.138. The van der Waals surface area contributed by atoms with Crippen molar-refractivity contribution in [3.05, 3.63) is 54.1 Å². The lowest BCUT2D eigenvalue weighted by Gasteiger charge is -2.09. The van der Waals surface area contributed by atoms with E-state index in [4.69, 9.17) is 5.11 Å². The van der Waals surface area contributed by atoms with Gasteiger partial charge in [0, 0.05) is 11.9 Å². The zero-order chi connectivity index (χ0) is 11.4. The third-order valence-electron chi connectivity index (χ3n) is 2.48. The summed E-state index contributed by atoms with van der Waals surface area (Å²) in [6.07, 6.45) is 3.52. The summed E-state index contributed by atoms with van der Waals surface area (Å²) < 4.78 is 0. The average molecular weight is 216 g/mol. The van der Waals surface area contributed by atoms with Gasteiger partial charge >= 0.3 is 5.97 Å². The lowest BCUT2D eigenvalue weighted by atomic mass is 9.97. The third-order valence-corrected chi connectivity index (χ3v) is 2.48. The highest BCUT2D eigenvalue weighted by Gasteiger charge is 2.21. The summed E-state index contributed by atoms with van der Waals surface area (Å²) in [5, 5.41) is 9.16. The van der Waals surface area contributed by atoms with Crippen molar-refractivity contribution in [3.63, 3.8) is 0 Å². The maximum absolute atomic E-state index is 11.2. The molecule has 4 heteroatoms. The van der Waals surface area contributed by atoms with Gasteiger partial charge in [0.1, 0.15) is 5.92 Å². The van der Waals surface area contributed by atoms with Crippen LogP contribution in [0.25, 0.3) is 0 Å². The molecule has 2 aromatic rings. The molecule has 0 unspecified atom stereocenters. The number of aliphatic carboxylic acids is 1. The predicted octanol–water partition coefficient (Wildman–Crippen LogP) is 1.82. The van der Waals surface area contributed by atoms with Crippen LogP contribution in [0.5, 0.6) is 0 Å². The maximum Gasteiger partial charge on any atom is 0.312 e. The van der Waals surface area contributed by atoms with E-state index < -0.39 is 11.9 Å². The number of rotatable bonds is 4. The van der Waals surface area contributed by atoms with Gasteiger partial charge in [-0.05, 0) is 12.0 Å². The van der Waals surface area contributed by atoms with Crippen LogP contribution in [0.4, 0.5) is 0 Å². The van der Waals surface area contributed by atoms with Gasteiger partial charge < -0.3 is 10.1 Å². The van der Waals surface area contributed by atoms with E-state index in [0.717, 1.165) is 5.56 Å². The van der Waals surface area contributed by atoms with Gasteiger partial charge in [-0.25, -0.2) is 4.98 Å². The highest BCUT2D eigenvalue weighted by atomic mass is 16.4. The Balaban J connectivity index is 2.19. The average Bonchev–Trinajstić information content (AvgIpc) is 2.80. The largest absolute Gasteiger partial charge is 0.481 e. The SMILES string of the molecule is O=C(O)[C@@H](Cc1ccccc1)c1cnc[nH]1. The van der Waals surface area contributed by atoms with Crippen molar-refractivity contribution >= 4 is 5.97 Å². The molecule has 0 radical (unpaired) electrons. The molecule has 1 heterocycles. The molecule has 2 N–H and O–H groups in total. The van der Waals surface area contributed by atoms with Crippen molar-refractivity contribution in [3.8, 4) is 0 Å². The quantitative estimate of drug-likeness (QED) is 0.819. The minimum atomic E-state index is -0.840. The monoisotopic (exact) mass is 216 g/mol. The molecule has 0 aliphatic carbocycles. The van der Waals surface area contributed by atoms with E-state index >= 15 is 0 Å². The number of carboxylic acids is 1. The minimum Gasteiger partial charge on any atom is -0.481 e. The molecule has 1 aromatic carbocycles. The zero-order valence-corrected chi connectivity index (χ0v) is 8.63. The Hall–Kier alpha value is -2.10. The van der Waals surface area contributed by atoms with Crippen molar-refractivity contribution < 1.29 is 9.90 Å². The molecule has 1 aromatic heterocycles. The second-order valence-corrected chi connectivity index (χ2v) is 3.59. The van der Waals surface area contributed by atoms with Crippen LogP contribution in [0.1, 0.15) is 17.2 Å². The van der Waals surface area contributed by atoms with Crippen LogP contribution in [0.2, 0.25) is 0 Å². The Morgan fingerprint density at radius 2 is 2.12 bits per heavy atom. The van der Waals surface area contributed by atoms with E-state index in [9.17, 15) is 4.79 Å². The molecule has 0 spiro atoms. The second-order valence-electron chi connectivity index (χ2n) is 3.59. The van der Waals surface area contributed by atoms with Crippen molar-refractivity contribution in [2.24, 2.45) is 0 Å². The van der Waals surface area contributed by atoms with E-state index in [1.807, 2.05) is 30.3 Å². The van der Waals surface area contributed by atoms with E-state index in [0.29, 0.717) is 12.1 Å². The predicted molar refractivity (Wildman–Crippen MR) is 59.1 cm³/mol. The van der Waals surface area contributed by atoms with Crippen LogP contribution in [0.15, 0.2) is 42.9 Å². The fourth-order valence-corrected chi connectivity index (χ4v) is 1.64. The number of aromatic amines is 1. The van der Waals surface area contributed by atoms with E-state index in [1.54, 1.807) is 6.20 Å². The normalized spacial score (nSPS) is 12.2. The summed E-state index contributed by atoms with van der Waals surface area (Å²) in [5.74, 6) is -1.40. The number of carboxylic acid groups (broad SMARTS) is 1. The van der Waals surface area contributed by atoms with E-state index in [1.165, 1.54) is 6.33 Å². The first-order chi connectivity index (χ1) is 7.77. The molecule has 0 bridgehead atoms. The van der Waals surface area contributed by atoms with Crippen LogP contribution >= 0.6 is 0 Å². The number of nitrogens with one attached hydrogen (secondary N) is 1. The lowest BCUT2D eigenvalue weighted by Crippen LogP contribution is -2.14. The van der Waals surface area contributed by atoms with Crippen LogP contribution in [0.3, 0.4) is 0 Å². The maximum atomic E-state index is 11.2. The fraction of sp³-hybridized carbons (Fsp3) is 0.167. The van der Waals surface area contributed by atoms with Crippen molar-refractivity contribution in [1.29, 1.82) is 0 Å². The number of imidazole rings is 1. The van der Waals surface area contributed by atoms with Gasteiger partial charge in [-0.1, -0.05) is 30.3 Å². The first kappa shape index (κ1) is 10.4. The van der Waals surface area contributed by atoms with Crippen LogP contribution < -0.4 is 0 Å². The number of nitrogens with zero attached hydrogens (tertiary/aromatic N) is 1. The summed E-state index contributed by atoms with van der Waals surface area (Å²) in [5.41, 5.74) is 1.64. The molecule has 82 valence electrons. The van der Waals surface area contributed by atoms with Crippen molar-refractivity contribution in [2.45, 2.75) is 12.3 Å². The van der Waals surface area contributed by atoms with Gasteiger partial charge in [0.25, 0.3) is 0 Å². The Morgan fingerprint density at radius 1 is 1.38 bits per heavy atom. The highest BCUT2D eigenvalue weighted by Crippen LogP contribution is 2.18. The molecule has 0 saturated carbocycles. The fourth-order valence-electron chi connectivity index (χ4n) is 1.64. The van der Waals surface area contributed by atoms with Crippen LogP contribution in [-0.4, -0.2) is 21.0 Å². The number of benzene rings is 1. The molecule has 16 heavy (non-hydrogen) atoms. The first-order valence-corrected chi connectivity index (χ1v) is 5.02. The number of hydrogen-bond acceptors (Lipinski definition) is 2. The Bertz CT molecular complexity index is 451. The minimum absolute atomic E-state index is 0.471. The standard InChI is InChI=1S/C12H12N2O2/c15-12(16)10(11-7-13-8-14-11)6-9-4-2-1-3-5-9/h1-5,7-8,10H,6H2,(H,13,14)(H,15,16)/t10-/m0/s1. The van der Waals surface area contributed by atoms with Gasteiger partial charge in [0.15, 0.2) is 0 Å². The zero-order valence-electron chi connectivity index (χ0n) is 8.63. The first-order valence-electron chi connectivity index (χ1n) is 5.02. The highest BCUT2D eigenvalue weighted by molar-refractivity contribution is 5.75. The summed E-state index contributed by atoms with van der Waals surface area (Å²) in [6.45, 7) is 0. The van der Waals surface area contributed by atoms with Gasteiger partial charge in [-0.15, -0.1) is 0 Å². The molecule has 4 nitrogen and oxygen atoms in total. The number of hydrogen-bond donors (Lipinski definition) is 2. The molecular weight excluding hydrogens is 204 g/mol. The molecule has 0 aliphatic heterocycles. The summed E-state index contributed by atoms with van der Waals surface area (Å²) >= 11 is 0. The summed E-state index contributed by atoms with van der Waals surface area (Å²) in [6, 6.07) is 9.57. The molecule has 0 saturated heterocycles. The van der Waals surface area contributed by atoms with Crippen LogP contribution in [0, 0.1) is 0 Å². The molecule has 0 amide bonds. The molecule has 2 rings (SSSR count). The molecule has 0 aliphatic rings. The second kappa shape index (κ2) is 4.61. The van der Waals surface area contributed by atoms with Gasteiger partial charge in [-0.2, -0.15) is 0 Å². The summed E-state index contributed by atoms with van der Waals surface area (Å²) in [7, 11) is 0.